The van der Waals surface area contributed by atoms with Gasteiger partial charge in [-0.3, -0.25) is 0 Å². The van der Waals surface area contributed by atoms with E-state index in [0.29, 0.717) is 0 Å². The molecule has 0 spiro atoms. The molecule has 0 aliphatic rings. The van der Waals surface area contributed by atoms with Gasteiger partial charge in [-0.25, -0.2) is 50.5 Å². The molecule has 0 aromatic heterocycles. The molecular formula is C46H64KN2Na3O18S6. The molecule has 0 aliphatic heterocycles. The molecule has 0 aliphatic carbocycles. The number of quaternary nitrogens is 2. The second-order valence-corrected chi connectivity index (χ2v) is 23.3. The van der Waals surface area contributed by atoms with Gasteiger partial charge in [-0.1, -0.05) is 138 Å². The van der Waals surface area contributed by atoms with Crippen molar-refractivity contribution in [1.29, 1.82) is 0 Å². The number of rotatable bonds is 18. The normalized spacial score (nSPS) is 11.0. The van der Waals surface area contributed by atoms with Gasteiger partial charge in [-0.05, 0) is 86.3 Å². The summed E-state index contributed by atoms with van der Waals surface area (Å²) in [4.78, 5) is -2.78. The molecule has 0 fully saturated rings. The number of unbranched alkanes of at least 4 members (excludes halogenated alkanes) is 4. The number of hydrogen-bond donors (Lipinski definition) is 1. The van der Waals surface area contributed by atoms with E-state index in [1.54, 1.807) is 24.3 Å². The molecule has 30 heteroatoms. The van der Waals surface area contributed by atoms with Crippen molar-refractivity contribution in [2.24, 2.45) is 0 Å². The summed E-state index contributed by atoms with van der Waals surface area (Å²) < 4.78 is 188. The predicted molar refractivity (Wildman–Crippen MR) is 265 cm³/mol. The Balaban J connectivity index is -0.000000193. The summed E-state index contributed by atoms with van der Waals surface area (Å²) in [5.41, 5.74) is 0. The van der Waals surface area contributed by atoms with Gasteiger partial charge in [0.1, 0.15) is 60.7 Å². The van der Waals surface area contributed by atoms with E-state index in [0.717, 1.165) is 24.3 Å². The number of nitrogens with zero attached hydrogens (tertiary/aromatic N) is 1. The van der Waals surface area contributed by atoms with Crippen molar-refractivity contribution in [3.8, 4) is 0 Å². The van der Waals surface area contributed by atoms with Crippen LogP contribution in [0.4, 0.5) is 0 Å². The van der Waals surface area contributed by atoms with E-state index < -0.39 is 70.5 Å². The van der Waals surface area contributed by atoms with Crippen LogP contribution < -0.4 is 146 Å². The molecule has 5 aromatic rings. The maximum atomic E-state index is 10.5. The molecule has 4 N–H and O–H groups in total. The second-order valence-electron chi connectivity index (χ2n) is 15.1. The summed E-state index contributed by atoms with van der Waals surface area (Å²) in [6, 6.07) is 32.6. The molecule has 20 nitrogen and oxygen atoms in total. The SMILES string of the molecule is CCCC[N+](CCCC)(CCCC)CCCC.O=S(=O)([O-])c1ccccc1.O=S(=O)([O-])c1ccccc1.O=S(=O)([O-])c1ccccc1.O=S(=O)([O-])c1ccccc1.O=S(=O)([O-])c1ccccc1S(=O)(=O)[O-].[K+].[NH4+].[Na+].[Na+].[Na+]. The minimum atomic E-state index is -4.95. The van der Waals surface area contributed by atoms with Crippen LogP contribution in [0.1, 0.15) is 79.1 Å². The van der Waals surface area contributed by atoms with Crippen molar-refractivity contribution in [2.75, 3.05) is 26.2 Å². The zero-order valence-corrected chi connectivity index (χ0v) is 58.6. The van der Waals surface area contributed by atoms with E-state index in [1.165, 1.54) is 179 Å². The molecule has 0 atom stereocenters. The first-order valence-electron chi connectivity index (χ1n) is 21.8. The smallest absolute Gasteiger partial charge is 0.744 e. The molecule has 0 saturated carbocycles. The van der Waals surface area contributed by atoms with Crippen molar-refractivity contribution in [3.63, 3.8) is 0 Å². The van der Waals surface area contributed by atoms with Gasteiger partial charge in [-0.15, -0.1) is 0 Å². The molecule has 0 saturated heterocycles. The van der Waals surface area contributed by atoms with Crippen molar-refractivity contribution in [3.05, 3.63) is 146 Å². The molecule has 406 valence electrons. The fourth-order valence-electron chi connectivity index (χ4n) is 5.86. The third-order valence-corrected chi connectivity index (χ3v) is 14.8. The topological polar surface area (TPSA) is 380 Å². The van der Waals surface area contributed by atoms with Gasteiger partial charge in [-0.2, -0.15) is 0 Å². The fourth-order valence-corrected chi connectivity index (χ4v) is 9.55. The van der Waals surface area contributed by atoms with Crippen LogP contribution in [0.2, 0.25) is 0 Å². The quantitative estimate of drug-likeness (QED) is 0.0489. The summed E-state index contributed by atoms with van der Waals surface area (Å²) in [5.74, 6) is 0. The van der Waals surface area contributed by atoms with Gasteiger partial charge in [0.2, 0.25) is 0 Å². The van der Waals surface area contributed by atoms with Crippen LogP contribution in [0.15, 0.2) is 175 Å². The minimum Gasteiger partial charge on any atom is -0.744 e. The molecule has 0 amide bonds. The third kappa shape index (κ3) is 40.3. The van der Waals surface area contributed by atoms with Gasteiger partial charge in [0, 0.05) is 0 Å². The second kappa shape index (κ2) is 44.7. The van der Waals surface area contributed by atoms with Crippen molar-refractivity contribution >= 4 is 60.7 Å². The summed E-state index contributed by atoms with van der Waals surface area (Å²) in [5, 5.41) is 0. The van der Waals surface area contributed by atoms with Gasteiger partial charge < -0.3 is 38.0 Å². The first kappa shape index (κ1) is 87.4. The van der Waals surface area contributed by atoms with Gasteiger partial charge in [0.25, 0.3) is 0 Å². The first-order chi connectivity index (χ1) is 32.9. The Morgan fingerprint density at radius 1 is 0.303 bits per heavy atom. The first-order valence-corrected chi connectivity index (χ1v) is 30.2. The Bertz CT molecular complexity index is 2620. The molecule has 0 unspecified atom stereocenters. The average Bonchev–Trinajstić information content (AvgIpc) is 3.32. The Morgan fingerprint density at radius 3 is 0.579 bits per heavy atom. The van der Waals surface area contributed by atoms with Crippen molar-refractivity contribution < 1.29 is 222 Å². The third-order valence-electron chi connectivity index (χ3n) is 9.46. The molecule has 76 heavy (non-hydrogen) atoms. The van der Waals surface area contributed by atoms with Crippen LogP contribution in [-0.4, -0.2) is 108 Å². The molecular weight excluding hydrogens is 1170 g/mol. The largest absolute Gasteiger partial charge is 1.00 e. The van der Waals surface area contributed by atoms with Crippen LogP contribution in [0.3, 0.4) is 0 Å². The van der Waals surface area contributed by atoms with Crippen LogP contribution in [0.5, 0.6) is 0 Å². The standard InChI is InChI=1S/C16H36N.C6H6O6S2.4C6H6O3S.K.H3N.3Na/c1-5-9-13-17(14-10-6-2,15-11-7-3)16-12-8-4;7-13(8,9)5-3-1-2-4-6(5)14(10,11)12;4*7-10(8,9)6-4-2-1-3-5-6;;;;;/h5-16H2,1-4H3;1-4H,(H,7,8,9)(H,10,11,12);4*1-5H,(H,7,8,9);;1H3;;;/q+1;;;;;;+1;;3*+1/p-5. The summed E-state index contributed by atoms with van der Waals surface area (Å²) >= 11 is 0. The van der Waals surface area contributed by atoms with Crippen molar-refractivity contribution in [1.82, 2.24) is 6.15 Å². The van der Waals surface area contributed by atoms with Gasteiger partial charge in [0.05, 0.1) is 55.6 Å². The Labute approximate surface area is 561 Å². The van der Waals surface area contributed by atoms with E-state index in [1.807, 2.05) is 0 Å². The number of benzene rings is 5. The summed E-state index contributed by atoms with van der Waals surface area (Å²) in [7, 11) is -26.9. The molecule has 0 radical (unpaired) electrons. The zero-order chi connectivity index (χ0) is 54.4. The Hall–Kier alpha value is 0.116. The molecule has 5 rings (SSSR count). The van der Waals surface area contributed by atoms with E-state index in [4.69, 9.17) is 0 Å². The van der Waals surface area contributed by atoms with Gasteiger partial charge in [0.15, 0.2) is 0 Å². The molecule has 0 bridgehead atoms. The Kier molecular flexibility index (Phi) is 51.3. The summed E-state index contributed by atoms with van der Waals surface area (Å²) in [6.45, 7) is 15.0. The van der Waals surface area contributed by atoms with E-state index >= 15 is 0 Å². The number of hydrogen-bond acceptors (Lipinski definition) is 18. The minimum absolute atomic E-state index is 0. The van der Waals surface area contributed by atoms with Crippen LogP contribution in [0, 0.1) is 0 Å². The molecule has 5 aromatic carbocycles. The maximum absolute atomic E-state index is 10.5. The van der Waals surface area contributed by atoms with E-state index in [-0.39, 0.29) is 166 Å². The molecule has 0 heterocycles. The van der Waals surface area contributed by atoms with E-state index in [9.17, 15) is 77.8 Å². The summed E-state index contributed by atoms with van der Waals surface area (Å²) in [6.07, 6.45) is 11.1. The van der Waals surface area contributed by atoms with Crippen LogP contribution in [-0.2, 0) is 60.7 Å². The Morgan fingerprint density at radius 2 is 0.461 bits per heavy atom. The van der Waals surface area contributed by atoms with Gasteiger partial charge >= 0.3 is 140 Å². The zero-order valence-electron chi connectivity index (χ0n) is 44.6. The monoisotopic (exact) mass is 1230 g/mol. The fraction of sp³-hybridized carbons (Fsp3) is 0.348. The van der Waals surface area contributed by atoms with E-state index in [2.05, 4.69) is 27.7 Å². The maximum Gasteiger partial charge on any atom is 1.00 e. The van der Waals surface area contributed by atoms with Crippen LogP contribution >= 0.6 is 0 Å². The van der Waals surface area contributed by atoms with Crippen molar-refractivity contribution in [2.45, 2.75) is 108 Å². The van der Waals surface area contributed by atoms with Crippen LogP contribution in [0.25, 0.3) is 0 Å². The average molecular weight is 1230 g/mol. The predicted octanol–water partition coefficient (Wildman–Crippen LogP) is -4.75.